The first-order chi connectivity index (χ1) is 10.1. The van der Waals surface area contributed by atoms with Crippen molar-refractivity contribution in [1.82, 2.24) is 4.90 Å². The van der Waals surface area contributed by atoms with E-state index in [4.69, 9.17) is 4.74 Å². The maximum atomic E-state index is 12.8. The molecule has 6 nitrogen and oxygen atoms in total. The van der Waals surface area contributed by atoms with Gasteiger partial charge in [-0.25, -0.2) is 4.39 Å². The number of hydrogen-bond donors (Lipinski definition) is 2. The minimum atomic E-state index is -1.04. The monoisotopic (exact) mass is 296 g/mol. The lowest BCUT2D eigenvalue weighted by Gasteiger charge is -2.31. The van der Waals surface area contributed by atoms with Crippen LogP contribution in [0.15, 0.2) is 24.3 Å². The fourth-order valence-corrected chi connectivity index (χ4v) is 2.18. The van der Waals surface area contributed by atoms with Crippen molar-refractivity contribution in [2.24, 2.45) is 0 Å². The number of anilines is 1. The van der Waals surface area contributed by atoms with E-state index in [1.54, 1.807) is 4.90 Å². The number of ether oxygens (including phenoxy) is 1. The quantitative estimate of drug-likeness (QED) is 0.845. The van der Waals surface area contributed by atoms with Crippen molar-refractivity contribution in [1.29, 1.82) is 0 Å². The predicted molar refractivity (Wildman–Crippen MR) is 73.5 cm³/mol. The fraction of sp³-hybridized carbons (Fsp3) is 0.429. The first-order valence-corrected chi connectivity index (χ1v) is 6.66. The van der Waals surface area contributed by atoms with Crippen LogP contribution in [0.2, 0.25) is 0 Å². The highest BCUT2D eigenvalue weighted by molar-refractivity contribution is 5.94. The van der Waals surface area contributed by atoms with Gasteiger partial charge in [-0.1, -0.05) is 0 Å². The topological polar surface area (TPSA) is 78.9 Å². The van der Waals surface area contributed by atoms with E-state index >= 15 is 0 Å². The minimum Gasteiger partial charge on any atom is -0.480 e. The second-order valence-electron chi connectivity index (χ2n) is 4.76. The average molecular weight is 296 g/mol. The Labute approximate surface area is 121 Å². The number of carbonyl (C=O) groups is 2. The summed E-state index contributed by atoms with van der Waals surface area (Å²) < 4.78 is 17.9. The van der Waals surface area contributed by atoms with Gasteiger partial charge in [0.1, 0.15) is 11.9 Å². The number of carboxylic acid groups (broad SMARTS) is 1. The summed E-state index contributed by atoms with van der Waals surface area (Å²) in [6, 6.07) is 4.43. The summed E-state index contributed by atoms with van der Waals surface area (Å²) in [7, 11) is 0. The van der Waals surface area contributed by atoms with E-state index in [0.717, 1.165) is 0 Å². The number of benzene rings is 1. The molecule has 21 heavy (non-hydrogen) atoms. The molecule has 1 aliphatic rings. The van der Waals surface area contributed by atoms with Crippen LogP contribution in [0.25, 0.3) is 0 Å². The number of hydrogen-bond acceptors (Lipinski definition) is 4. The lowest BCUT2D eigenvalue weighted by molar-refractivity contribution is -0.147. The molecule has 0 bridgehead atoms. The van der Waals surface area contributed by atoms with E-state index in [2.05, 4.69) is 5.32 Å². The van der Waals surface area contributed by atoms with Gasteiger partial charge >= 0.3 is 5.97 Å². The van der Waals surface area contributed by atoms with Gasteiger partial charge in [0.2, 0.25) is 5.91 Å². The van der Waals surface area contributed by atoms with E-state index in [-0.39, 0.29) is 6.42 Å². The lowest BCUT2D eigenvalue weighted by Crippen LogP contribution is -2.48. The summed E-state index contributed by atoms with van der Waals surface area (Å²) in [6.45, 7) is 1.90. The molecule has 0 radical (unpaired) electrons. The second-order valence-corrected chi connectivity index (χ2v) is 4.76. The third-order valence-electron chi connectivity index (χ3n) is 3.28. The molecule has 1 aliphatic heterocycles. The van der Waals surface area contributed by atoms with Crippen LogP contribution >= 0.6 is 0 Å². The Bertz CT molecular complexity index is 500. The molecule has 1 aromatic carbocycles. The van der Waals surface area contributed by atoms with Crippen LogP contribution < -0.4 is 5.32 Å². The van der Waals surface area contributed by atoms with Crippen LogP contribution in [0.3, 0.4) is 0 Å². The minimum absolute atomic E-state index is 0.160. The molecule has 1 fully saturated rings. The third-order valence-corrected chi connectivity index (χ3v) is 3.28. The summed E-state index contributed by atoms with van der Waals surface area (Å²) in [5.74, 6) is -1.85. The van der Waals surface area contributed by atoms with Crippen molar-refractivity contribution in [3.63, 3.8) is 0 Å². The van der Waals surface area contributed by atoms with Gasteiger partial charge < -0.3 is 15.2 Å². The van der Waals surface area contributed by atoms with Crippen LogP contribution in [-0.4, -0.2) is 54.2 Å². The SMILES string of the molecule is O=C(CC(C(=O)O)N1CCOCC1)Nc1ccc(F)cc1. The van der Waals surface area contributed by atoms with Crippen LogP contribution in [0, 0.1) is 5.82 Å². The zero-order valence-electron chi connectivity index (χ0n) is 11.4. The normalized spacial score (nSPS) is 17.2. The van der Waals surface area contributed by atoms with Gasteiger partial charge in [-0.3, -0.25) is 14.5 Å². The largest absolute Gasteiger partial charge is 0.480 e. The lowest BCUT2D eigenvalue weighted by atomic mass is 10.1. The zero-order chi connectivity index (χ0) is 15.2. The number of nitrogens with one attached hydrogen (secondary N) is 1. The van der Waals surface area contributed by atoms with Gasteiger partial charge in [0.15, 0.2) is 0 Å². The Kier molecular flexibility index (Phi) is 5.24. The van der Waals surface area contributed by atoms with Gasteiger partial charge in [0, 0.05) is 18.8 Å². The Morgan fingerprint density at radius 2 is 1.90 bits per heavy atom. The molecular formula is C14H17FN2O4. The summed E-state index contributed by atoms with van der Waals surface area (Å²) >= 11 is 0. The Morgan fingerprint density at radius 1 is 1.29 bits per heavy atom. The van der Waals surface area contributed by atoms with Gasteiger partial charge in [0.25, 0.3) is 0 Å². The molecule has 0 aliphatic carbocycles. The summed E-state index contributed by atoms with van der Waals surface area (Å²) in [5, 5.41) is 11.8. The molecule has 1 heterocycles. The molecule has 114 valence electrons. The molecule has 2 N–H and O–H groups in total. The Balaban J connectivity index is 1.94. The summed E-state index contributed by atoms with van der Waals surface area (Å²) in [4.78, 5) is 25.0. The number of rotatable bonds is 5. The molecule has 0 aromatic heterocycles. The van der Waals surface area contributed by atoms with Crippen molar-refractivity contribution in [2.45, 2.75) is 12.5 Å². The van der Waals surface area contributed by atoms with E-state index in [0.29, 0.717) is 32.0 Å². The molecular weight excluding hydrogens is 279 g/mol. The van der Waals surface area contributed by atoms with Gasteiger partial charge in [-0.05, 0) is 24.3 Å². The molecule has 2 rings (SSSR count). The van der Waals surface area contributed by atoms with Gasteiger partial charge in [-0.15, -0.1) is 0 Å². The van der Waals surface area contributed by atoms with Crippen molar-refractivity contribution in [3.8, 4) is 0 Å². The smallest absolute Gasteiger partial charge is 0.321 e. The number of amides is 1. The van der Waals surface area contributed by atoms with E-state index in [1.165, 1.54) is 24.3 Å². The molecule has 1 atom stereocenters. The molecule has 1 aromatic rings. The van der Waals surface area contributed by atoms with Gasteiger partial charge in [-0.2, -0.15) is 0 Å². The molecule has 1 amide bonds. The molecule has 0 saturated carbocycles. The van der Waals surface area contributed by atoms with Crippen molar-refractivity contribution >= 4 is 17.6 Å². The predicted octanol–water partition coefficient (Wildman–Crippen LogP) is 0.940. The zero-order valence-corrected chi connectivity index (χ0v) is 11.4. The number of nitrogens with zero attached hydrogens (tertiary/aromatic N) is 1. The van der Waals surface area contributed by atoms with Gasteiger partial charge in [0.05, 0.1) is 19.6 Å². The Hall–Kier alpha value is -1.99. The van der Waals surface area contributed by atoms with E-state index in [1.807, 2.05) is 0 Å². The summed E-state index contributed by atoms with van der Waals surface area (Å²) in [5.41, 5.74) is 0.438. The number of carboxylic acids is 1. The maximum absolute atomic E-state index is 12.8. The number of carbonyl (C=O) groups excluding carboxylic acids is 1. The molecule has 0 spiro atoms. The Morgan fingerprint density at radius 3 is 2.48 bits per heavy atom. The van der Waals surface area contributed by atoms with Crippen molar-refractivity contribution < 1.29 is 23.8 Å². The first-order valence-electron chi connectivity index (χ1n) is 6.66. The van der Waals surface area contributed by atoms with Crippen LogP contribution in [0.5, 0.6) is 0 Å². The van der Waals surface area contributed by atoms with E-state index < -0.39 is 23.7 Å². The standard InChI is InChI=1S/C14H17FN2O4/c15-10-1-3-11(4-2-10)16-13(18)9-12(14(19)20)17-5-7-21-8-6-17/h1-4,12H,5-9H2,(H,16,18)(H,19,20). The average Bonchev–Trinajstić information content (AvgIpc) is 2.48. The number of aliphatic carboxylic acids is 1. The van der Waals surface area contributed by atoms with Crippen LogP contribution in [0.4, 0.5) is 10.1 Å². The molecule has 1 unspecified atom stereocenters. The summed E-state index contributed by atoms with van der Waals surface area (Å²) in [6.07, 6.45) is -0.160. The van der Waals surface area contributed by atoms with Crippen LogP contribution in [0.1, 0.15) is 6.42 Å². The number of morpholine rings is 1. The highest BCUT2D eigenvalue weighted by atomic mass is 19.1. The van der Waals surface area contributed by atoms with Crippen LogP contribution in [-0.2, 0) is 14.3 Å². The van der Waals surface area contributed by atoms with Crippen molar-refractivity contribution in [2.75, 3.05) is 31.6 Å². The molecule has 1 saturated heterocycles. The van der Waals surface area contributed by atoms with Crippen molar-refractivity contribution in [3.05, 3.63) is 30.1 Å². The maximum Gasteiger partial charge on any atom is 0.321 e. The first kappa shape index (κ1) is 15.4. The number of halogens is 1. The third kappa shape index (κ3) is 4.51. The highest BCUT2D eigenvalue weighted by Gasteiger charge is 2.29. The van der Waals surface area contributed by atoms with E-state index in [9.17, 15) is 19.1 Å². The molecule has 7 heteroatoms. The second kappa shape index (κ2) is 7.14. The highest BCUT2D eigenvalue weighted by Crippen LogP contribution is 2.12. The fourth-order valence-electron chi connectivity index (χ4n) is 2.18.